The third kappa shape index (κ3) is 4.01. The van der Waals surface area contributed by atoms with Gasteiger partial charge in [0.05, 0.1) is 16.7 Å². The Morgan fingerprint density at radius 1 is 1.25 bits per heavy atom. The molecule has 8 nitrogen and oxygen atoms in total. The van der Waals surface area contributed by atoms with Gasteiger partial charge in [-0.25, -0.2) is 4.79 Å². The molecule has 0 bridgehead atoms. The van der Waals surface area contributed by atoms with E-state index in [1.165, 1.54) is 24.4 Å². The van der Waals surface area contributed by atoms with Crippen molar-refractivity contribution in [1.82, 2.24) is 0 Å². The Kier molecular flexibility index (Phi) is 5.35. The van der Waals surface area contributed by atoms with E-state index in [1.807, 2.05) is 0 Å². The van der Waals surface area contributed by atoms with Crippen LogP contribution in [0.3, 0.4) is 0 Å². The van der Waals surface area contributed by atoms with E-state index in [-0.39, 0.29) is 11.3 Å². The van der Waals surface area contributed by atoms with E-state index in [0.717, 1.165) is 0 Å². The molecular weight excluding hydrogens is 316 g/mol. The molecule has 0 aromatic heterocycles. The summed E-state index contributed by atoms with van der Waals surface area (Å²) < 4.78 is 0. The molecule has 0 spiro atoms. The van der Waals surface area contributed by atoms with Gasteiger partial charge in [0.2, 0.25) is 6.61 Å². The van der Waals surface area contributed by atoms with Gasteiger partial charge in [-0.1, -0.05) is 29.4 Å². The number of carbonyl (C=O) groups excluding carboxylic acids is 1. The average Bonchev–Trinajstić information content (AvgIpc) is 2.58. The number of carbonyl (C=O) groups is 2. The van der Waals surface area contributed by atoms with Crippen LogP contribution in [0.5, 0.6) is 0 Å². The minimum absolute atomic E-state index is 0.0358. The van der Waals surface area contributed by atoms with Gasteiger partial charge in [0.15, 0.2) is 6.29 Å². The topological polar surface area (TPSA) is 119 Å². The number of nitro groups is 1. The van der Waals surface area contributed by atoms with Crippen molar-refractivity contribution in [1.29, 1.82) is 0 Å². The SMILES string of the molecule is O=Cc1cc(-c2ccccc2C=NOCC(=O)O)ccc1[N+](=O)[O-]. The highest BCUT2D eigenvalue weighted by Crippen LogP contribution is 2.27. The van der Waals surface area contributed by atoms with Crippen LogP contribution in [0.4, 0.5) is 5.69 Å². The number of nitro benzene ring substituents is 1. The predicted octanol–water partition coefficient (Wildman–Crippen LogP) is 2.51. The van der Waals surface area contributed by atoms with E-state index >= 15 is 0 Å². The molecule has 2 aromatic carbocycles. The lowest BCUT2D eigenvalue weighted by Gasteiger charge is -2.07. The van der Waals surface area contributed by atoms with Crippen LogP contribution in [-0.2, 0) is 9.63 Å². The highest BCUT2D eigenvalue weighted by Gasteiger charge is 2.14. The van der Waals surface area contributed by atoms with Crippen molar-refractivity contribution in [2.75, 3.05) is 6.61 Å². The van der Waals surface area contributed by atoms with E-state index < -0.39 is 17.5 Å². The maximum Gasteiger partial charge on any atom is 0.344 e. The third-order valence-electron chi connectivity index (χ3n) is 3.08. The first-order chi connectivity index (χ1) is 11.5. The quantitative estimate of drug-likeness (QED) is 0.361. The van der Waals surface area contributed by atoms with Crippen molar-refractivity contribution in [2.45, 2.75) is 0 Å². The normalized spacial score (nSPS) is 10.5. The second-order valence-corrected chi connectivity index (χ2v) is 4.64. The third-order valence-corrected chi connectivity index (χ3v) is 3.08. The number of aldehydes is 1. The van der Waals surface area contributed by atoms with Gasteiger partial charge in [0.1, 0.15) is 0 Å². The summed E-state index contributed by atoms with van der Waals surface area (Å²) in [5.74, 6) is -1.15. The van der Waals surface area contributed by atoms with Gasteiger partial charge in [0, 0.05) is 11.6 Å². The maximum atomic E-state index is 11.1. The minimum Gasteiger partial charge on any atom is -0.479 e. The van der Waals surface area contributed by atoms with Crippen LogP contribution in [0.2, 0.25) is 0 Å². The summed E-state index contributed by atoms with van der Waals surface area (Å²) in [6.45, 7) is -0.564. The Bertz CT molecular complexity index is 816. The first-order valence-electron chi connectivity index (χ1n) is 6.73. The Morgan fingerprint density at radius 3 is 2.67 bits per heavy atom. The van der Waals surface area contributed by atoms with Crippen LogP contribution in [0.15, 0.2) is 47.6 Å². The fourth-order valence-electron chi connectivity index (χ4n) is 2.04. The van der Waals surface area contributed by atoms with Crippen molar-refractivity contribution in [2.24, 2.45) is 5.16 Å². The molecule has 0 radical (unpaired) electrons. The molecule has 0 heterocycles. The molecule has 0 amide bonds. The molecule has 0 aliphatic carbocycles. The summed E-state index contributed by atoms with van der Waals surface area (Å²) in [5, 5.41) is 22.9. The number of hydrogen-bond acceptors (Lipinski definition) is 6. The summed E-state index contributed by atoms with van der Waals surface area (Å²) in [6, 6.07) is 11.2. The van der Waals surface area contributed by atoms with Gasteiger partial charge >= 0.3 is 5.97 Å². The van der Waals surface area contributed by atoms with Gasteiger partial charge in [-0.3, -0.25) is 14.9 Å². The molecular formula is C16H12N2O6. The molecule has 0 saturated heterocycles. The van der Waals surface area contributed by atoms with Crippen molar-refractivity contribution in [3.63, 3.8) is 0 Å². The van der Waals surface area contributed by atoms with Crippen LogP contribution in [-0.4, -0.2) is 35.1 Å². The van der Waals surface area contributed by atoms with Crippen molar-refractivity contribution in [3.8, 4) is 11.1 Å². The Morgan fingerprint density at radius 2 is 2.00 bits per heavy atom. The van der Waals surface area contributed by atoms with Crippen LogP contribution in [0.1, 0.15) is 15.9 Å². The Labute approximate surface area is 136 Å². The number of carboxylic acid groups (broad SMARTS) is 1. The summed E-state index contributed by atoms with van der Waals surface area (Å²) in [5.41, 5.74) is 1.55. The lowest BCUT2D eigenvalue weighted by molar-refractivity contribution is -0.385. The largest absolute Gasteiger partial charge is 0.479 e. The summed E-state index contributed by atoms with van der Waals surface area (Å²) >= 11 is 0. The molecule has 8 heteroatoms. The molecule has 0 aliphatic heterocycles. The smallest absolute Gasteiger partial charge is 0.344 e. The fourth-order valence-corrected chi connectivity index (χ4v) is 2.04. The number of hydrogen-bond donors (Lipinski definition) is 1. The first-order valence-corrected chi connectivity index (χ1v) is 6.73. The fraction of sp³-hybridized carbons (Fsp3) is 0.0625. The predicted molar refractivity (Wildman–Crippen MR) is 85.1 cm³/mol. The van der Waals surface area contributed by atoms with Gasteiger partial charge in [-0.05, 0) is 23.3 Å². The minimum atomic E-state index is -1.15. The van der Waals surface area contributed by atoms with Gasteiger partial charge in [-0.15, -0.1) is 0 Å². The highest BCUT2D eigenvalue weighted by molar-refractivity contribution is 5.92. The van der Waals surface area contributed by atoms with E-state index in [9.17, 15) is 19.7 Å². The molecule has 0 atom stereocenters. The van der Waals surface area contributed by atoms with Gasteiger partial charge in [0.25, 0.3) is 5.69 Å². The van der Waals surface area contributed by atoms with Crippen LogP contribution >= 0.6 is 0 Å². The zero-order valence-corrected chi connectivity index (χ0v) is 12.3. The monoisotopic (exact) mass is 328 g/mol. The van der Waals surface area contributed by atoms with E-state index in [1.54, 1.807) is 24.3 Å². The highest BCUT2D eigenvalue weighted by atomic mass is 16.6. The summed E-state index contributed by atoms with van der Waals surface area (Å²) in [7, 11) is 0. The van der Waals surface area contributed by atoms with E-state index in [4.69, 9.17) is 5.11 Å². The van der Waals surface area contributed by atoms with Crippen molar-refractivity contribution in [3.05, 3.63) is 63.7 Å². The van der Waals surface area contributed by atoms with Crippen molar-refractivity contribution < 1.29 is 24.5 Å². The lowest BCUT2D eigenvalue weighted by Crippen LogP contribution is -2.03. The summed E-state index contributed by atoms with van der Waals surface area (Å²) in [4.78, 5) is 36.3. The second-order valence-electron chi connectivity index (χ2n) is 4.64. The molecule has 0 unspecified atom stereocenters. The molecule has 2 rings (SSSR count). The zero-order valence-electron chi connectivity index (χ0n) is 12.3. The standard InChI is InChI=1S/C16H12N2O6/c19-9-13-7-11(5-6-15(13)18(22)23)14-4-2-1-3-12(14)8-17-24-10-16(20)21/h1-9H,10H2,(H,20,21). The number of aliphatic carboxylic acids is 1. The Balaban J connectivity index is 2.37. The van der Waals surface area contributed by atoms with Gasteiger partial charge < -0.3 is 9.94 Å². The van der Waals surface area contributed by atoms with Crippen LogP contribution in [0.25, 0.3) is 11.1 Å². The molecule has 1 N–H and O–H groups in total. The maximum absolute atomic E-state index is 11.1. The van der Waals surface area contributed by atoms with E-state index in [2.05, 4.69) is 9.99 Å². The molecule has 0 fully saturated rings. The molecule has 0 aliphatic rings. The zero-order chi connectivity index (χ0) is 17.5. The second kappa shape index (κ2) is 7.63. The molecule has 2 aromatic rings. The molecule has 122 valence electrons. The number of rotatable bonds is 7. The first kappa shape index (κ1) is 16.8. The van der Waals surface area contributed by atoms with Crippen molar-refractivity contribution >= 4 is 24.2 Å². The summed E-state index contributed by atoms with van der Waals surface area (Å²) in [6.07, 6.45) is 1.76. The van der Waals surface area contributed by atoms with Crippen LogP contribution in [0, 0.1) is 10.1 Å². The molecule has 24 heavy (non-hydrogen) atoms. The van der Waals surface area contributed by atoms with E-state index in [0.29, 0.717) is 23.0 Å². The number of nitrogens with zero attached hydrogens (tertiary/aromatic N) is 2. The van der Waals surface area contributed by atoms with Crippen LogP contribution < -0.4 is 0 Å². The average molecular weight is 328 g/mol. The Hall–Kier alpha value is -3.55. The lowest BCUT2D eigenvalue weighted by atomic mass is 9.98. The van der Waals surface area contributed by atoms with Gasteiger partial charge in [-0.2, -0.15) is 0 Å². The molecule has 0 saturated carbocycles. The number of oxime groups is 1. The number of benzene rings is 2. The number of carboxylic acids is 1.